The van der Waals surface area contributed by atoms with E-state index in [1.807, 2.05) is 0 Å². The third kappa shape index (κ3) is 4.83. The van der Waals surface area contributed by atoms with E-state index >= 15 is 0 Å². The van der Waals surface area contributed by atoms with Gasteiger partial charge in [0.15, 0.2) is 0 Å². The highest BCUT2D eigenvalue weighted by Crippen LogP contribution is 2.23. The molecule has 1 unspecified atom stereocenters. The number of rotatable bonds is 4. The van der Waals surface area contributed by atoms with Gasteiger partial charge in [0.1, 0.15) is 0 Å². The monoisotopic (exact) mass is 343 g/mol. The molecule has 1 aromatic carbocycles. The molecule has 2 aliphatic rings. The quantitative estimate of drug-likeness (QED) is 0.912. The molecule has 1 aromatic rings. The van der Waals surface area contributed by atoms with Gasteiger partial charge >= 0.3 is 0 Å². The van der Waals surface area contributed by atoms with Gasteiger partial charge < -0.3 is 10.2 Å². The van der Waals surface area contributed by atoms with Gasteiger partial charge in [0.05, 0.1) is 0 Å². The van der Waals surface area contributed by atoms with Gasteiger partial charge in [-0.15, -0.1) is 0 Å². The molecule has 0 aliphatic carbocycles. The second-order valence-corrected chi connectivity index (χ2v) is 8.52. The van der Waals surface area contributed by atoms with Crippen LogP contribution in [0.4, 0.5) is 0 Å². The van der Waals surface area contributed by atoms with Crippen molar-refractivity contribution in [1.29, 1.82) is 0 Å². The van der Waals surface area contributed by atoms with E-state index in [0.717, 1.165) is 52.1 Å². The predicted molar refractivity (Wildman–Crippen MR) is 103 cm³/mol. The minimum atomic E-state index is 0.183. The van der Waals surface area contributed by atoms with Crippen LogP contribution in [0.2, 0.25) is 0 Å². The van der Waals surface area contributed by atoms with E-state index in [1.54, 1.807) is 0 Å². The van der Waals surface area contributed by atoms with E-state index in [-0.39, 0.29) is 5.41 Å². The molecule has 0 spiro atoms. The van der Waals surface area contributed by atoms with Gasteiger partial charge in [0.2, 0.25) is 5.91 Å². The molecule has 0 saturated carbocycles. The molecule has 0 aromatic heterocycles. The van der Waals surface area contributed by atoms with Gasteiger partial charge in [-0.05, 0) is 29.4 Å². The van der Waals surface area contributed by atoms with Gasteiger partial charge in [-0.2, -0.15) is 0 Å². The maximum Gasteiger partial charge on any atom is 0.222 e. The first-order valence-corrected chi connectivity index (χ1v) is 9.75. The lowest BCUT2D eigenvalue weighted by molar-refractivity contribution is -0.130. The van der Waals surface area contributed by atoms with Crippen molar-refractivity contribution in [2.24, 2.45) is 0 Å². The van der Waals surface area contributed by atoms with Crippen molar-refractivity contribution in [2.75, 3.05) is 39.3 Å². The average molecular weight is 344 g/mol. The maximum absolute atomic E-state index is 12.6. The Morgan fingerprint density at radius 1 is 1.12 bits per heavy atom. The van der Waals surface area contributed by atoms with Crippen LogP contribution in [-0.4, -0.2) is 61.0 Å². The van der Waals surface area contributed by atoms with E-state index in [4.69, 9.17) is 0 Å². The zero-order chi connectivity index (χ0) is 17.9. The standard InChI is InChI=1S/C21H33N3O/c1-21(2,3)18-7-4-17(5-8-18)6-9-20(25)24-13-10-19(16-24)23-14-11-22-12-15-23/h4-5,7-8,19,22H,6,9-16H2,1-3H3. The molecule has 4 heteroatoms. The highest BCUT2D eigenvalue weighted by atomic mass is 16.2. The summed E-state index contributed by atoms with van der Waals surface area (Å²) in [6, 6.07) is 9.34. The number of hydrogen-bond donors (Lipinski definition) is 1. The lowest BCUT2D eigenvalue weighted by Crippen LogP contribution is -2.49. The largest absolute Gasteiger partial charge is 0.341 e. The summed E-state index contributed by atoms with van der Waals surface area (Å²) < 4.78 is 0. The number of carbonyl (C=O) groups is 1. The average Bonchev–Trinajstić information content (AvgIpc) is 3.10. The lowest BCUT2D eigenvalue weighted by Gasteiger charge is -2.32. The van der Waals surface area contributed by atoms with Gasteiger partial charge in [0.25, 0.3) is 0 Å². The SMILES string of the molecule is CC(C)(C)c1ccc(CCC(=O)N2CCC(N3CCNCC3)C2)cc1. The molecule has 2 heterocycles. The van der Waals surface area contributed by atoms with Gasteiger partial charge in [-0.25, -0.2) is 0 Å². The summed E-state index contributed by atoms with van der Waals surface area (Å²) in [5.41, 5.74) is 2.79. The van der Waals surface area contributed by atoms with Gasteiger partial charge in [-0.3, -0.25) is 9.69 Å². The second-order valence-electron chi connectivity index (χ2n) is 8.52. The smallest absolute Gasteiger partial charge is 0.222 e. The normalized spacial score (nSPS) is 22.4. The first kappa shape index (κ1) is 18.4. The number of nitrogens with one attached hydrogen (secondary N) is 1. The number of carbonyl (C=O) groups excluding carboxylic acids is 1. The van der Waals surface area contributed by atoms with Crippen LogP contribution < -0.4 is 5.32 Å². The van der Waals surface area contributed by atoms with Crippen LogP contribution in [-0.2, 0) is 16.6 Å². The van der Waals surface area contributed by atoms with E-state index in [1.165, 1.54) is 11.1 Å². The van der Waals surface area contributed by atoms with E-state index in [9.17, 15) is 4.79 Å². The maximum atomic E-state index is 12.6. The summed E-state index contributed by atoms with van der Waals surface area (Å²) in [5, 5.41) is 3.40. The van der Waals surface area contributed by atoms with E-state index in [2.05, 4.69) is 60.2 Å². The Morgan fingerprint density at radius 3 is 2.44 bits per heavy atom. The summed E-state index contributed by atoms with van der Waals surface area (Å²) in [7, 11) is 0. The topological polar surface area (TPSA) is 35.6 Å². The molecular weight excluding hydrogens is 310 g/mol. The van der Waals surface area contributed by atoms with Crippen LogP contribution in [0.1, 0.15) is 44.7 Å². The van der Waals surface area contributed by atoms with Gasteiger partial charge in [-0.1, -0.05) is 45.0 Å². The highest BCUT2D eigenvalue weighted by molar-refractivity contribution is 5.76. The van der Waals surface area contributed by atoms with Crippen molar-refractivity contribution in [2.45, 2.75) is 51.5 Å². The first-order chi connectivity index (χ1) is 11.9. The fourth-order valence-electron chi connectivity index (χ4n) is 3.89. The summed E-state index contributed by atoms with van der Waals surface area (Å²) in [5.74, 6) is 0.317. The van der Waals surface area contributed by atoms with Crippen LogP contribution in [0.5, 0.6) is 0 Å². The van der Waals surface area contributed by atoms with Crippen molar-refractivity contribution in [3.05, 3.63) is 35.4 Å². The molecule has 25 heavy (non-hydrogen) atoms. The van der Waals surface area contributed by atoms with Gasteiger partial charge in [0, 0.05) is 51.7 Å². The summed E-state index contributed by atoms with van der Waals surface area (Å²) in [6.45, 7) is 12.9. The van der Waals surface area contributed by atoms with Crippen molar-refractivity contribution < 1.29 is 4.79 Å². The summed E-state index contributed by atoms with van der Waals surface area (Å²) >= 11 is 0. The highest BCUT2D eigenvalue weighted by Gasteiger charge is 2.30. The van der Waals surface area contributed by atoms with E-state index in [0.29, 0.717) is 18.4 Å². The van der Waals surface area contributed by atoms with Crippen molar-refractivity contribution in [1.82, 2.24) is 15.1 Å². The van der Waals surface area contributed by atoms with Crippen LogP contribution in [0.25, 0.3) is 0 Å². The Labute approximate surface area is 152 Å². The van der Waals surface area contributed by atoms with Crippen molar-refractivity contribution in [3.63, 3.8) is 0 Å². The molecule has 0 bridgehead atoms. The van der Waals surface area contributed by atoms with E-state index < -0.39 is 0 Å². The molecule has 3 rings (SSSR count). The van der Waals surface area contributed by atoms with Crippen LogP contribution in [0.3, 0.4) is 0 Å². The summed E-state index contributed by atoms with van der Waals surface area (Å²) in [6.07, 6.45) is 2.60. The van der Waals surface area contributed by atoms with Crippen molar-refractivity contribution >= 4 is 5.91 Å². The fourth-order valence-corrected chi connectivity index (χ4v) is 3.89. The number of aryl methyl sites for hydroxylation is 1. The number of likely N-dealkylation sites (tertiary alicyclic amines) is 1. The second kappa shape index (κ2) is 7.88. The Balaban J connectivity index is 1.46. The van der Waals surface area contributed by atoms with Crippen LogP contribution in [0.15, 0.2) is 24.3 Å². The zero-order valence-electron chi connectivity index (χ0n) is 16.1. The number of nitrogens with zero attached hydrogens (tertiary/aromatic N) is 2. The Hall–Kier alpha value is -1.39. The molecule has 138 valence electrons. The van der Waals surface area contributed by atoms with Crippen LogP contribution in [0, 0.1) is 0 Å². The minimum absolute atomic E-state index is 0.183. The minimum Gasteiger partial charge on any atom is -0.341 e. The predicted octanol–water partition coefficient (Wildman–Crippen LogP) is 2.42. The molecular formula is C21H33N3O. The third-order valence-electron chi connectivity index (χ3n) is 5.63. The molecule has 2 aliphatic heterocycles. The van der Waals surface area contributed by atoms with Crippen molar-refractivity contribution in [3.8, 4) is 0 Å². The number of piperazine rings is 1. The summed E-state index contributed by atoms with van der Waals surface area (Å²) in [4.78, 5) is 17.2. The Bertz CT molecular complexity index is 570. The number of hydrogen-bond acceptors (Lipinski definition) is 3. The lowest BCUT2D eigenvalue weighted by atomic mass is 9.86. The molecule has 2 saturated heterocycles. The molecule has 0 radical (unpaired) electrons. The Morgan fingerprint density at radius 2 is 1.80 bits per heavy atom. The zero-order valence-corrected chi connectivity index (χ0v) is 16.1. The molecule has 2 fully saturated rings. The number of amides is 1. The third-order valence-corrected chi connectivity index (χ3v) is 5.63. The fraction of sp³-hybridized carbons (Fsp3) is 0.667. The first-order valence-electron chi connectivity index (χ1n) is 9.75. The molecule has 4 nitrogen and oxygen atoms in total. The molecule has 1 amide bonds. The molecule has 1 N–H and O–H groups in total. The Kier molecular flexibility index (Phi) is 5.80. The van der Waals surface area contributed by atoms with Crippen LogP contribution >= 0.6 is 0 Å². The number of benzene rings is 1. The molecule has 1 atom stereocenters.